The van der Waals surface area contributed by atoms with E-state index in [2.05, 4.69) is 147 Å². The minimum Gasteiger partial charge on any atom is -0.214 e. The summed E-state index contributed by atoms with van der Waals surface area (Å²) < 4.78 is 0. The normalized spacial score (nSPS) is 20.4. The van der Waals surface area contributed by atoms with Gasteiger partial charge in [-0.2, -0.15) is 0 Å². The van der Waals surface area contributed by atoms with E-state index in [0.717, 1.165) is 16.7 Å². The van der Waals surface area contributed by atoms with Crippen molar-refractivity contribution in [2.45, 2.75) is 25.0 Å². The highest BCUT2D eigenvalue weighted by molar-refractivity contribution is 6.21. The molecule has 2 nitrogen and oxygen atoms in total. The van der Waals surface area contributed by atoms with Gasteiger partial charge in [0.1, 0.15) is 0 Å². The Morgan fingerprint density at radius 2 is 1.00 bits per heavy atom. The molecule has 2 atom stereocenters. The van der Waals surface area contributed by atoms with Gasteiger partial charge in [-0.15, -0.1) is 0 Å². The lowest BCUT2D eigenvalue weighted by molar-refractivity contribution is -0.408. The monoisotopic (exact) mass is 588 g/mol. The minimum atomic E-state index is -0.980. The Bertz CT molecular complexity index is 2490. The Kier molecular flexibility index (Phi) is 4.50. The van der Waals surface area contributed by atoms with Crippen LogP contribution in [0.4, 0.5) is 0 Å². The van der Waals surface area contributed by atoms with Gasteiger partial charge in [-0.1, -0.05) is 145 Å². The SMILES string of the molecule is Cc1ccc(-c2c3c(c4c5c(cccc25)-c2ccccc2-4)[C@@]2(c4ccc(C)cc4)OO[C@@]34c3ccccc3-c3cccc2c34)cc1. The molecule has 0 saturated heterocycles. The van der Waals surface area contributed by atoms with Crippen molar-refractivity contribution in [1.29, 1.82) is 0 Å². The molecule has 7 aromatic carbocycles. The molecule has 0 unspecified atom stereocenters. The van der Waals surface area contributed by atoms with Crippen LogP contribution in [-0.2, 0) is 21.0 Å². The lowest BCUT2D eigenvalue weighted by Gasteiger charge is -2.54. The summed E-state index contributed by atoms with van der Waals surface area (Å²) in [6, 6.07) is 49.1. The molecule has 216 valence electrons. The predicted octanol–water partition coefficient (Wildman–Crippen LogP) is 10.6. The van der Waals surface area contributed by atoms with Gasteiger partial charge < -0.3 is 0 Å². The quantitative estimate of drug-likeness (QED) is 0.187. The van der Waals surface area contributed by atoms with Crippen LogP contribution in [0.5, 0.6) is 0 Å². The maximum Gasteiger partial charge on any atom is 0.181 e. The summed E-state index contributed by atoms with van der Waals surface area (Å²) in [6.45, 7) is 4.30. The van der Waals surface area contributed by atoms with Crippen LogP contribution < -0.4 is 0 Å². The smallest absolute Gasteiger partial charge is 0.181 e. The predicted molar refractivity (Wildman–Crippen MR) is 184 cm³/mol. The van der Waals surface area contributed by atoms with E-state index in [4.69, 9.17) is 9.78 Å². The molecule has 1 spiro atoms. The Morgan fingerprint density at radius 1 is 0.413 bits per heavy atom. The van der Waals surface area contributed by atoms with E-state index in [9.17, 15) is 0 Å². The second-order valence-corrected chi connectivity index (χ2v) is 13.3. The first-order chi connectivity index (χ1) is 22.6. The average molecular weight is 589 g/mol. The van der Waals surface area contributed by atoms with E-state index in [1.165, 1.54) is 83.1 Å². The van der Waals surface area contributed by atoms with E-state index in [0.29, 0.717) is 0 Å². The largest absolute Gasteiger partial charge is 0.214 e. The van der Waals surface area contributed by atoms with Gasteiger partial charge in [0.05, 0.1) is 0 Å². The molecule has 0 fully saturated rings. The highest BCUT2D eigenvalue weighted by Crippen LogP contribution is 2.71. The molecular formula is C44H28O2. The first-order valence-electron chi connectivity index (χ1n) is 16.1. The lowest BCUT2D eigenvalue weighted by atomic mass is 9.60. The average Bonchev–Trinajstić information content (AvgIpc) is 3.59. The summed E-state index contributed by atoms with van der Waals surface area (Å²) in [7, 11) is 0. The third-order valence-corrected chi connectivity index (χ3v) is 11.0. The Morgan fingerprint density at radius 3 is 1.80 bits per heavy atom. The first-order valence-corrected chi connectivity index (χ1v) is 16.1. The van der Waals surface area contributed by atoms with Crippen molar-refractivity contribution in [2.24, 2.45) is 0 Å². The minimum absolute atomic E-state index is 0.928. The Labute approximate surface area is 267 Å². The van der Waals surface area contributed by atoms with E-state index in [-0.39, 0.29) is 0 Å². The van der Waals surface area contributed by atoms with Gasteiger partial charge in [-0.3, -0.25) is 0 Å². The van der Waals surface area contributed by atoms with Gasteiger partial charge in [0, 0.05) is 27.8 Å². The van der Waals surface area contributed by atoms with E-state index < -0.39 is 11.2 Å². The summed E-state index contributed by atoms with van der Waals surface area (Å²) in [5.41, 5.74) is 17.4. The number of fused-ring (bicyclic) bond motifs is 6. The fourth-order valence-corrected chi connectivity index (χ4v) is 9.17. The lowest BCUT2D eigenvalue weighted by Crippen LogP contribution is -2.53. The summed E-state index contributed by atoms with van der Waals surface area (Å²) in [6.07, 6.45) is 0. The third-order valence-electron chi connectivity index (χ3n) is 11.0. The number of rotatable bonds is 2. The molecule has 3 aliphatic carbocycles. The number of aryl methyl sites for hydroxylation is 2. The standard InChI is InChI=1S/C44H28O2/c1-25-17-21-27(22-18-25)37-34-14-7-12-31-29-9-3-4-11-32(29)39(38(31)34)42-41(37)44-35-15-6-5-10-30(35)33-13-8-16-36(40(33)44)43(42,45-46-44)28-23-19-26(2)20-24-28/h3-24H,1-2H3/t43-,44+/m0/s1. The Balaban J connectivity index is 1.45. The van der Waals surface area contributed by atoms with Crippen molar-refractivity contribution in [3.8, 4) is 44.5 Å². The van der Waals surface area contributed by atoms with Crippen LogP contribution in [-0.4, -0.2) is 0 Å². The van der Waals surface area contributed by atoms with Gasteiger partial charge in [-0.05, 0) is 74.7 Å². The molecule has 7 aromatic rings. The molecule has 2 heterocycles. The third kappa shape index (κ3) is 2.67. The molecule has 2 heteroatoms. The zero-order chi connectivity index (χ0) is 30.4. The number of hydrogen-bond acceptors (Lipinski definition) is 2. The van der Waals surface area contributed by atoms with Crippen LogP contribution in [0.2, 0.25) is 0 Å². The van der Waals surface area contributed by atoms with Gasteiger partial charge in [0.15, 0.2) is 11.2 Å². The summed E-state index contributed by atoms with van der Waals surface area (Å²) >= 11 is 0. The van der Waals surface area contributed by atoms with Crippen LogP contribution in [0.1, 0.15) is 44.5 Å². The maximum atomic E-state index is 7.07. The van der Waals surface area contributed by atoms with E-state index >= 15 is 0 Å². The van der Waals surface area contributed by atoms with Crippen LogP contribution in [0, 0.1) is 13.8 Å². The zero-order valence-corrected chi connectivity index (χ0v) is 25.5. The number of benzene rings is 7. The van der Waals surface area contributed by atoms with Gasteiger partial charge >= 0.3 is 0 Å². The highest BCUT2D eigenvalue weighted by Gasteiger charge is 2.66. The second-order valence-electron chi connectivity index (χ2n) is 13.3. The van der Waals surface area contributed by atoms with E-state index in [1.807, 2.05) is 0 Å². The molecule has 2 bridgehead atoms. The fraction of sp³-hybridized carbons (Fsp3) is 0.0909. The molecule has 46 heavy (non-hydrogen) atoms. The molecule has 0 N–H and O–H groups in total. The van der Waals surface area contributed by atoms with E-state index in [1.54, 1.807) is 0 Å². The van der Waals surface area contributed by atoms with Crippen LogP contribution in [0.25, 0.3) is 55.3 Å². The van der Waals surface area contributed by atoms with Crippen LogP contribution in [0.3, 0.4) is 0 Å². The maximum absolute atomic E-state index is 7.07. The fourth-order valence-electron chi connectivity index (χ4n) is 9.17. The van der Waals surface area contributed by atoms with Crippen molar-refractivity contribution in [2.75, 3.05) is 0 Å². The van der Waals surface area contributed by atoms with Crippen molar-refractivity contribution < 1.29 is 9.78 Å². The van der Waals surface area contributed by atoms with Crippen LogP contribution >= 0.6 is 0 Å². The van der Waals surface area contributed by atoms with Crippen molar-refractivity contribution in [3.05, 3.63) is 178 Å². The molecule has 0 amide bonds. The van der Waals surface area contributed by atoms with Gasteiger partial charge in [0.2, 0.25) is 0 Å². The molecule has 0 saturated carbocycles. The summed E-state index contributed by atoms with van der Waals surface area (Å²) in [5.74, 6) is 0. The van der Waals surface area contributed by atoms with Crippen molar-refractivity contribution >= 4 is 10.8 Å². The Hall–Kier alpha value is -5.28. The van der Waals surface area contributed by atoms with Crippen LogP contribution in [0.15, 0.2) is 133 Å². The second kappa shape index (κ2) is 8.30. The molecule has 0 aromatic heterocycles. The van der Waals surface area contributed by atoms with Gasteiger partial charge in [0.25, 0.3) is 0 Å². The number of hydrogen-bond donors (Lipinski definition) is 0. The van der Waals surface area contributed by atoms with Crippen molar-refractivity contribution in [1.82, 2.24) is 0 Å². The zero-order valence-electron chi connectivity index (χ0n) is 25.5. The summed E-state index contributed by atoms with van der Waals surface area (Å²) in [4.78, 5) is 14.1. The van der Waals surface area contributed by atoms with Crippen molar-refractivity contribution in [3.63, 3.8) is 0 Å². The van der Waals surface area contributed by atoms with Gasteiger partial charge in [-0.25, -0.2) is 9.78 Å². The molecule has 2 aliphatic heterocycles. The highest BCUT2D eigenvalue weighted by atomic mass is 17.2. The first kappa shape index (κ1) is 25.0. The molecular weight excluding hydrogens is 560 g/mol. The molecule has 5 aliphatic rings. The molecule has 0 radical (unpaired) electrons. The molecule has 12 rings (SSSR count). The summed E-state index contributed by atoms with van der Waals surface area (Å²) in [5, 5.41) is 2.54. The topological polar surface area (TPSA) is 18.5 Å².